The molecule has 0 saturated carbocycles. The second kappa shape index (κ2) is 4.10. The molecule has 0 radical (unpaired) electrons. The molecule has 0 amide bonds. The summed E-state index contributed by atoms with van der Waals surface area (Å²) in [4.78, 5) is 8.60. The van der Waals surface area contributed by atoms with Crippen LogP contribution in [0, 0.1) is 6.92 Å². The molecule has 0 atom stereocenters. The average Bonchev–Trinajstić information content (AvgIpc) is 2.74. The first kappa shape index (κ1) is 10.7. The Labute approximate surface area is 105 Å². The summed E-state index contributed by atoms with van der Waals surface area (Å²) >= 11 is 0. The normalized spacial score (nSPS) is 10.8. The second-order valence-electron chi connectivity index (χ2n) is 4.01. The van der Waals surface area contributed by atoms with E-state index in [2.05, 4.69) is 20.4 Å². The van der Waals surface area contributed by atoms with Crippen LogP contribution in [0.2, 0.25) is 0 Å². The number of aromatic nitrogens is 4. The minimum Gasteiger partial charge on any atom is -0.357 e. The molecule has 3 aromatic rings. The van der Waals surface area contributed by atoms with Crippen molar-refractivity contribution in [2.75, 3.05) is 12.4 Å². The molecule has 18 heavy (non-hydrogen) atoms. The van der Waals surface area contributed by atoms with Gasteiger partial charge in [0.15, 0.2) is 0 Å². The molecule has 3 rings (SSSR count). The number of fused-ring (bicyclic) bond motifs is 1. The molecule has 3 aromatic heterocycles. The van der Waals surface area contributed by atoms with E-state index in [1.54, 1.807) is 6.20 Å². The third-order valence-electron chi connectivity index (χ3n) is 2.85. The minimum absolute atomic E-state index is 0.613. The van der Waals surface area contributed by atoms with Crippen molar-refractivity contribution in [1.82, 2.24) is 19.6 Å². The molecule has 0 aliphatic carbocycles. The van der Waals surface area contributed by atoms with Crippen molar-refractivity contribution < 1.29 is 0 Å². The van der Waals surface area contributed by atoms with Crippen LogP contribution in [0.3, 0.4) is 0 Å². The number of nitrogens with zero attached hydrogens (tertiary/aromatic N) is 4. The third-order valence-corrected chi connectivity index (χ3v) is 2.85. The number of anilines is 1. The van der Waals surface area contributed by atoms with E-state index in [0.717, 1.165) is 22.5 Å². The lowest BCUT2D eigenvalue weighted by Crippen LogP contribution is -1.96. The van der Waals surface area contributed by atoms with Crippen LogP contribution in [0.4, 0.5) is 5.95 Å². The number of nitrogens with one attached hydrogen (secondary N) is 1. The zero-order valence-corrected chi connectivity index (χ0v) is 10.3. The molecule has 1 N–H and O–H groups in total. The number of rotatable bonds is 2. The van der Waals surface area contributed by atoms with Crippen LogP contribution in [-0.2, 0) is 0 Å². The smallest absolute Gasteiger partial charge is 0.222 e. The Balaban J connectivity index is 2.27. The Hall–Kier alpha value is -2.43. The third kappa shape index (κ3) is 1.60. The van der Waals surface area contributed by atoms with Crippen LogP contribution in [0.1, 0.15) is 5.69 Å². The number of aryl methyl sites for hydroxylation is 1. The van der Waals surface area contributed by atoms with Gasteiger partial charge in [0.2, 0.25) is 5.95 Å². The molecule has 90 valence electrons. The highest BCUT2D eigenvalue weighted by Crippen LogP contribution is 2.26. The summed E-state index contributed by atoms with van der Waals surface area (Å²) in [6.45, 7) is 1.99. The summed E-state index contributed by atoms with van der Waals surface area (Å²) in [7, 11) is 1.81. The molecule has 0 aromatic carbocycles. The average molecular weight is 239 g/mol. The van der Waals surface area contributed by atoms with Crippen LogP contribution < -0.4 is 5.32 Å². The number of hydrogen-bond donors (Lipinski definition) is 1. The second-order valence-corrected chi connectivity index (χ2v) is 4.01. The fourth-order valence-electron chi connectivity index (χ4n) is 2.05. The first-order valence-corrected chi connectivity index (χ1v) is 5.75. The maximum absolute atomic E-state index is 4.48. The van der Waals surface area contributed by atoms with E-state index < -0.39 is 0 Å². The predicted molar refractivity (Wildman–Crippen MR) is 70.5 cm³/mol. The Morgan fingerprint density at radius 1 is 1.22 bits per heavy atom. The van der Waals surface area contributed by atoms with Gasteiger partial charge in [-0.1, -0.05) is 6.07 Å². The Kier molecular flexibility index (Phi) is 2.44. The molecular weight excluding hydrogens is 226 g/mol. The molecule has 0 bridgehead atoms. The van der Waals surface area contributed by atoms with E-state index in [1.165, 1.54) is 0 Å². The van der Waals surface area contributed by atoms with Crippen LogP contribution >= 0.6 is 0 Å². The molecule has 0 aliphatic heterocycles. The summed E-state index contributed by atoms with van der Waals surface area (Å²) < 4.78 is 1.87. The van der Waals surface area contributed by atoms with Crippen LogP contribution in [0.15, 0.2) is 36.7 Å². The lowest BCUT2D eigenvalue weighted by molar-refractivity contribution is 0.934. The van der Waals surface area contributed by atoms with Crippen molar-refractivity contribution in [2.24, 2.45) is 0 Å². The predicted octanol–water partition coefficient (Wildman–Crippen LogP) is 2.14. The highest BCUT2D eigenvalue weighted by atomic mass is 15.2. The molecular formula is C13H13N5. The molecule has 0 spiro atoms. The topological polar surface area (TPSA) is 55.1 Å². The van der Waals surface area contributed by atoms with Crippen LogP contribution in [0.25, 0.3) is 16.8 Å². The van der Waals surface area contributed by atoms with Gasteiger partial charge in [-0.05, 0) is 25.1 Å². The van der Waals surface area contributed by atoms with Gasteiger partial charge in [-0.3, -0.25) is 0 Å². The summed E-state index contributed by atoms with van der Waals surface area (Å²) in [5.74, 6) is 0.613. The van der Waals surface area contributed by atoms with Gasteiger partial charge < -0.3 is 5.32 Å². The summed E-state index contributed by atoms with van der Waals surface area (Å²) in [6.07, 6.45) is 3.69. The van der Waals surface area contributed by atoms with Gasteiger partial charge in [0.1, 0.15) is 0 Å². The number of hydrogen-bond acceptors (Lipinski definition) is 4. The van der Waals surface area contributed by atoms with Gasteiger partial charge >= 0.3 is 0 Å². The quantitative estimate of drug-likeness (QED) is 0.744. The fraction of sp³-hybridized carbons (Fsp3) is 0.154. The van der Waals surface area contributed by atoms with Gasteiger partial charge in [0, 0.05) is 25.0 Å². The number of pyridine rings is 1. The van der Waals surface area contributed by atoms with Crippen molar-refractivity contribution in [3.05, 3.63) is 42.4 Å². The maximum atomic E-state index is 4.48. The van der Waals surface area contributed by atoms with E-state index in [0.29, 0.717) is 5.95 Å². The standard InChI is InChI=1S/C13H13N5/c1-9-12(10-6-7-15-13(14-2)16-10)11-5-3-4-8-18(11)17-9/h3-8H,1-2H3,(H,14,15,16). The Bertz CT molecular complexity index is 701. The maximum Gasteiger partial charge on any atom is 0.222 e. The van der Waals surface area contributed by atoms with E-state index in [1.807, 2.05) is 48.9 Å². The molecule has 0 aliphatic rings. The molecule has 0 fully saturated rings. The van der Waals surface area contributed by atoms with Gasteiger partial charge in [-0.25, -0.2) is 14.5 Å². The highest BCUT2D eigenvalue weighted by Gasteiger charge is 2.12. The first-order valence-electron chi connectivity index (χ1n) is 5.75. The molecule has 0 unspecified atom stereocenters. The van der Waals surface area contributed by atoms with Gasteiger partial charge in [0.25, 0.3) is 0 Å². The van der Waals surface area contributed by atoms with Gasteiger partial charge in [-0.2, -0.15) is 5.10 Å². The molecule has 5 nitrogen and oxygen atoms in total. The largest absolute Gasteiger partial charge is 0.357 e. The van der Waals surface area contributed by atoms with E-state index in [9.17, 15) is 0 Å². The van der Waals surface area contributed by atoms with E-state index in [4.69, 9.17) is 0 Å². The summed E-state index contributed by atoms with van der Waals surface area (Å²) in [5.41, 5.74) is 3.94. The van der Waals surface area contributed by atoms with Crippen molar-refractivity contribution in [3.8, 4) is 11.3 Å². The minimum atomic E-state index is 0.613. The van der Waals surface area contributed by atoms with Crippen LogP contribution in [0.5, 0.6) is 0 Å². The Morgan fingerprint density at radius 3 is 2.94 bits per heavy atom. The zero-order chi connectivity index (χ0) is 12.5. The highest BCUT2D eigenvalue weighted by molar-refractivity contribution is 5.80. The summed E-state index contributed by atoms with van der Waals surface area (Å²) in [6, 6.07) is 7.90. The molecule has 0 saturated heterocycles. The van der Waals surface area contributed by atoms with Gasteiger partial charge in [-0.15, -0.1) is 0 Å². The first-order chi connectivity index (χ1) is 8.79. The molecule has 3 heterocycles. The zero-order valence-electron chi connectivity index (χ0n) is 10.3. The van der Waals surface area contributed by atoms with Crippen LogP contribution in [-0.4, -0.2) is 26.6 Å². The van der Waals surface area contributed by atoms with Crippen molar-refractivity contribution in [2.45, 2.75) is 6.92 Å². The Morgan fingerprint density at radius 2 is 2.11 bits per heavy atom. The van der Waals surface area contributed by atoms with Gasteiger partial charge in [0.05, 0.1) is 16.9 Å². The molecule has 5 heteroatoms. The van der Waals surface area contributed by atoms with Crippen molar-refractivity contribution in [3.63, 3.8) is 0 Å². The summed E-state index contributed by atoms with van der Waals surface area (Å²) in [5, 5.41) is 7.43. The van der Waals surface area contributed by atoms with E-state index in [-0.39, 0.29) is 0 Å². The monoisotopic (exact) mass is 239 g/mol. The van der Waals surface area contributed by atoms with E-state index >= 15 is 0 Å². The lowest BCUT2D eigenvalue weighted by atomic mass is 10.1. The van der Waals surface area contributed by atoms with Crippen molar-refractivity contribution >= 4 is 11.5 Å². The SMILES string of the molecule is CNc1nccc(-c2c(C)nn3ccccc23)n1. The van der Waals surface area contributed by atoms with Crippen molar-refractivity contribution in [1.29, 1.82) is 0 Å². The fourth-order valence-corrected chi connectivity index (χ4v) is 2.05. The lowest BCUT2D eigenvalue weighted by Gasteiger charge is -2.02.